The highest BCUT2D eigenvalue weighted by molar-refractivity contribution is 7.92. The van der Waals surface area contributed by atoms with Crippen molar-refractivity contribution < 1.29 is 22.0 Å². The van der Waals surface area contributed by atoms with Gasteiger partial charge in [0.25, 0.3) is 15.9 Å². The molecule has 0 aliphatic heterocycles. The van der Waals surface area contributed by atoms with E-state index < -0.39 is 26.6 Å². The number of benzene rings is 2. The maximum absolute atomic E-state index is 13.2. The fourth-order valence-electron chi connectivity index (χ4n) is 1.96. The van der Waals surface area contributed by atoms with Crippen molar-refractivity contribution in [2.45, 2.75) is 31.2 Å². The van der Waals surface area contributed by atoms with Crippen LogP contribution in [0.2, 0.25) is 0 Å². The maximum Gasteiger partial charge on any atom is 0.261 e. The highest BCUT2D eigenvalue weighted by Crippen LogP contribution is 2.18. The fourth-order valence-corrected chi connectivity index (χ4v) is 3.03. The molecule has 2 rings (SSSR count). The molecule has 0 aromatic heterocycles. The number of anilines is 1. The van der Waals surface area contributed by atoms with E-state index >= 15 is 0 Å². The van der Waals surface area contributed by atoms with Gasteiger partial charge in [-0.15, -0.1) is 0 Å². The van der Waals surface area contributed by atoms with Gasteiger partial charge in [0.2, 0.25) is 0 Å². The Balaban J connectivity index is 2.14. The van der Waals surface area contributed by atoms with Gasteiger partial charge in [-0.2, -0.15) is 0 Å². The van der Waals surface area contributed by atoms with Gasteiger partial charge in [-0.1, -0.05) is 6.92 Å². The monoisotopic (exact) mass is 368 g/mol. The predicted octanol–water partition coefficient (Wildman–Crippen LogP) is 3.29. The van der Waals surface area contributed by atoms with Gasteiger partial charge in [0, 0.05) is 17.3 Å². The minimum atomic E-state index is -4.07. The molecule has 0 saturated carbocycles. The van der Waals surface area contributed by atoms with Crippen molar-refractivity contribution in [1.82, 2.24) is 5.32 Å². The molecule has 2 aromatic rings. The second-order valence-electron chi connectivity index (χ2n) is 5.54. The Morgan fingerprint density at radius 1 is 1.08 bits per heavy atom. The maximum atomic E-state index is 13.2. The van der Waals surface area contributed by atoms with E-state index in [9.17, 15) is 22.0 Å². The molecule has 0 aliphatic rings. The molecule has 1 amide bonds. The molecule has 1 unspecified atom stereocenters. The first-order chi connectivity index (χ1) is 11.7. The van der Waals surface area contributed by atoms with Crippen molar-refractivity contribution in [1.29, 1.82) is 0 Å². The van der Waals surface area contributed by atoms with E-state index in [-0.39, 0.29) is 17.6 Å². The third-order valence-corrected chi connectivity index (χ3v) is 4.97. The summed E-state index contributed by atoms with van der Waals surface area (Å²) in [5.41, 5.74) is 0.584. The van der Waals surface area contributed by atoms with Crippen molar-refractivity contribution >= 4 is 21.6 Å². The number of hydrogen-bond donors (Lipinski definition) is 2. The van der Waals surface area contributed by atoms with Gasteiger partial charge >= 0.3 is 0 Å². The lowest BCUT2D eigenvalue weighted by molar-refractivity contribution is 0.0939. The third-order valence-electron chi connectivity index (χ3n) is 3.59. The number of amides is 1. The number of sulfonamides is 1. The number of carbonyl (C=O) groups excluding carboxylic acids is 1. The topological polar surface area (TPSA) is 75.3 Å². The predicted molar refractivity (Wildman–Crippen MR) is 90.8 cm³/mol. The number of carbonyl (C=O) groups is 1. The van der Waals surface area contributed by atoms with Gasteiger partial charge < -0.3 is 5.32 Å². The molecule has 134 valence electrons. The SMILES string of the molecule is CCC(C)NC(=O)c1ccc(NS(=O)(=O)c2ccc(F)c(F)c2)cc1. The number of halogens is 2. The second kappa shape index (κ2) is 7.60. The zero-order valence-corrected chi connectivity index (χ0v) is 14.5. The molecule has 0 bridgehead atoms. The highest BCUT2D eigenvalue weighted by Gasteiger charge is 2.17. The molecule has 0 saturated heterocycles. The normalized spacial score (nSPS) is 12.5. The Labute approximate surface area is 145 Å². The van der Waals surface area contributed by atoms with E-state index in [1.54, 1.807) is 0 Å². The van der Waals surface area contributed by atoms with Crippen LogP contribution in [0.4, 0.5) is 14.5 Å². The van der Waals surface area contributed by atoms with Crippen LogP contribution < -0.4 is 10.0 Å². The molecule has 1 atom stereocenters. The molecule has 0 heterocycles. The van der Waals surface area contributed by atoms with Crippen LogP contribution in [-0.4, -0.2) is 20.4 Å². The van der Waals surface area contributed by atoms with E-state index in [0.29, 0.717) is 11.6 Å². The van der Waals surface area contributed by atoms with Crippen molar-refractivity contribution in [2.24, 2.45) is 0 Å². The molecule has 0 fully saturated rings. The van der Waals surface area contributed by atoms with E-state index in [4.69, 9.17) is 0 Å². The van der Waals surface area contributed by atoms with Gasteiger partial charge in [0.15, 0.2) is 11.6 Å². The van der Waals surface area contributed by atoms with Crippen molar-refractivity contribution in [2.75, 3.05) is 4.72 Å². The lowest BCUT2D eigenvalue weighted by Gasteiger charge is -2.12. The number of rotatable bonds is 6. The summed E-state index contributed by atoms with van der Waals surface area (Å²) in [5, 5.41) is 2.80. The first kappa shape index (κ1) is 18.9. The Kier molecular flexibility index (Phi) is 5.73. The average molecular weight is 368 g/mol. The highest BCUT2D eigenvalue weighted by atomic mass is 32.2. The van der Waals surface area contributed by atoms with E-state index in [0.717, 1.165) is 18.6 Å². The number of hydrogen-bond acceptors (Lipinski definition) is 3. The molecule has 8 heteroatoms. The summed E-state index contributed by atoms with van der Waals surface area (Å²) in [5.74, 6) is -2.64. The second-order valence-corrected chi connectivity index (χ2v) is 7.22. The fraction of sp³-hybridized carbons (Fsp3) is 0.235. The molecule has 2 aromatic carbocycles. The summed E-state index contributed by atoms with van der Waals surface area (Å²) in [4.78, 5) is 11.6. The summed E-state index contributed by atoms with van der Waals surface area (Å²) < 4.78 is 52.8. The Hall–Kier alpha value is -2.48. The van der Waals surface area contributed by atoms with Crippen molar-refractivity contribution in [3.63, 3.8) is 0 Å². The molecule has 0 spiro atoms. The van der Waals surface area contributed by atoms with Crippen LogP contribution in [0, 0.1) is 11.6 Å². The summed E-state index contributed by atoms with van der Waals surface area (Å²) in [6.45, 7) is 3.82. The van der Waals surface area contributed by atoms with Gasteiger partial charge in [0.1, 0.15) is 0 Å². The Bertz CT molecular complexity index is 868. The molecule has 25 heavy (non-hydrogen) atoms. The van der Waals surface area contributed by atoms with Crippen LogP contribution in [0.15, 0.2) is 47.4 Å². The van der Waals surface area contributed by atoms with Crippen LogP contribution >= 0.6 is 0 Å². The van der Waals surface area contributed by atoms with E-state index in [1.807, 2.05) is 13.8 Å². The lowest BCUT2D eigenvalue weighted by atomic mass is 10.1. The minimum absolute atomic E-state index is 0.0269. The zero-order valence-electron chi connectivity index (χ0n) is 13.7. The molecular weight excluding hydrogens is 350 g/mol. The standard InChI is InChI=1S/C17H18F2N2O3S/c1-3-11(2)20-17(22)12-4-6-13(7-5-12)21-25(23,24)14-8-9-15(18)16(19)10-14/h4-11,21H,3H2,1-2H3,(H,20,22). The van der Waals surface area contributed by atoms with Crippen LogP contribution in [-0.2, 0) is 10.0 Å². The van der Waals surface area contributed by atoms with Crippen LogP contribution in [0.1, 0.15) is 30.6 Å². The molecule has 0 aliphatic carbocycles. The van der Waals surface area contributed by atoms with E-state index in [1.165, 1.54) is 24.3 Å². The quantitative estimate of drug-likeness (QED) is 0.822. The zero-order chi connectivity index (χ0) is 18.6. The Morgan fingerprint density at radius 3 is 2.28 bits per heavy atom. The summed E-state index contributed by atoms with van der Waals surface area (Å²) in [7, 11) is -4.07. The molecule has 5 nitrogen and oxygen atoms in total. The average Bonchev–Trinajstić information content (AvgIpc) is 2.57. The smallest absolute Gasteiger partial charge is 0.261 e. The third kappa shape index (κ3) is 4.76. The van der Waals surface area contributed by atoms with Crippen LogP contribution in [0.25, 0.3) is 0 Å². The van der Waals surface area contributed by atoms with Gasteiger partial charge in [-0.25, -0.2) is 17.2 Å². The number of nitrogens with one attached hydrogen (secondary N) is 2. The van der Waals surface area contributed by atoms with Gasteiger partial charge in [0.05, 0.1) is 4.90 Å². The molecular formula is C17H18F2N2O3S. The van der Waals surface area contributed by atoms with Crippen molar-refractivity contribution in [3.8, 4) is 0 Å². The summed E-state index contributed by atoms with van der Waals surface area (Å²) >= 11 is 0. The van der Waals surface area contributed by atoms with Crippen LogP contribution in [0.5, 0.6) is 0 Å². The molecule has 2 N–H and O–H groups in total. The van der Waals surface area contributed by atoms with Gasteiger partial charge in [-0.05, 0) is 55.8 Å². The minimum Gasteiger partial charge on any atom is -0.350 e. The molecule has 0 radical (unpaired) electrons. The lowest BCUT2D eigenvalue weighted by Crippen LogP contribution is -2.31. The van der Waals surface area contributed by atoms with Gasteiger partial charge in [-0.3, -0.25) is 9.52 Å². The Morgan fingerprint density at radius 2 is 1.72 bits per heavy atom. The first-order valence-electron chi connectivity index (χ1n) is 7.61. The largest absolute Gasteiger partial charge is 0.350 e. The summed E-state index contributed by atoms with van der Waals surface area (Å²) in [6, 6.07) is 8.12. The van der Waals surface area contributed by atoms with Crippen LogP contribution in [0.3, 0.4) is 0 Å². The summed E-state index contributed by atoms with van der Waals surface area (Å²) in [6.07, 6.45) is 0.790. The van der Waals surface area contributed by atoms with Crippen molar-refractivity contribution in [3.05, 3.63) is 59.7 Å². The van der Waals surface area contributed by atoms with E-state index in [2.05, 4.69) is 10.0 Å². The first-order valence-corrected chi connectivity index (χ1v) is 9.10.